The van der Waals surface area contributed by atoms with Gasteiger partial charge in [0.2, 0.25) is 0 Å². The van der Waals surface area contributed by atoms with Crippen molar-refractivity contribution in [3.8, 4) is 22.3 Å². The first-order valence-electron chi connectivity index (χ1n) is 14.1. The SMILES string of the molecule is CC(c1ccccc1)n1cc(-c2c[nH]c3ncc(-c4ccc(N5CCN(C(=O)OC(C)(C)C)CC5)cc4)cc23)cn1. The van der Waals surface area contributed by atoms with Crippen molar-refractivity contribution in [2.24, 2.45) is 0 Å². The van der Waals surface area contributed by atoms with Gasteiger partial charge in [-0.1, -0.05) is 42.5 Å². The molecule has 0 saturated carbocycles. The van der Waals surface area contributed by atoms with Gasteiger partial charge < -0.3 is 19.5 Å². The highest BCUT2D eigenvalue weighted by molar-refractivity contribution is 5.95. The van der Waals surface area contributed by atoms with E-state index in [0.29, 0.717) is 13.1 Å². The highest BCUT2D eigenvalue weighted by Gasteiger charge is 2.26. The number of ether oxygens (including phenoxy) is 1. The van der Waals surface area contributed by atoms with Crippen LogP contribution in [-0.4, -0.2) is 62.5 Å². The van der Waals surface area contributed by atoms with E-state index >= 15 is 0 Å². The van der Waals surface area contributed by atoms with E-state index in [-0.39, 0.29) is 12.1 Å². The summed E-state index contributed by atoms with van der Waals surface area (Å²) in [6, 6.07) is 21.3. The number of piperazine rings is 1. The molecular formula is C33H36N6O2. The molecule has 8 nitrogen and oxygen atoms in total. The molecule has 6 rings (SSSR count). The highest BCUT2D eigenvalue weighted by atomic mass is 16.6. The summed E-state index contributed by atoms with van der Waals surface area (Å²) in [4.78, 5) is 24.5. The number of H-pyrrole nitrogens is 1. The summed E-state index contributed by atoms with van der Waals surface area (Å²) in [7, 11) is 0. The first-order chi connectivity index (χ1) is 19.7. The lowest BCUT2D eigenvalue weighted by atomic mass is 10.0. The van der Waals surface area contributed by atoms with Crippen LogP contribution >= 0.6 is 0 Å². The lowest BCUT2D eigenvalue weighted by Gasteiger charge is -2.36. The molecule has 8 heteroatoms. The lowest BCUT2D eigenvalue weighted by Crippen LogP contribution is -2.50. The fraction of sp³-hybridized carbons (Fsp3) is 0.303. The van der Waals surface area contributed by atoms with E-state index in [9.17, 15) is 4.79 Å². The number of carbonyl (C=O) groups excluding carboxylic acids is 1. The lowest BCUT2D eigenvalue weighted by molar-refractivity contribution is 0.0240. The van der Waals surface area contributed by atoms with Gasteiger partial charge in [0.25, 0.3) is 0 Å². The Morgan fingerprint density at radius 2 is 1.66 bits per heavy atom. The predicted octanol–water partition coefficient (Wildman–Crippen LogP) is 6.76. The molecule has 1 atom stereocenters. The van der Waals surface area contributed by atoms with Crippen LogP contribution in [0.5, 0.6) is 0 Å². The molecular weight excluding hydrogens is 512 g/mol. The van der Waals surface area contributed by atoms with E-state index in [2.05, 4.69) is 82.7 Å². The Labute approximate surface area is 240 Å². The van der Waals surface area contributed by atoms with Crippen LogP contribution < -0.4 is 4.90 Å². The Kier molecular flexibility index (Phi) is 6.99. The third kappa shape index (κ3) is 5.68. The molecule has 1 unspecified atom stereocenters. The van der Waals surface area contributed by atoms with Crippen LogP contribution in [0.15, 0.2) is 85.5 Å². The van der Waals surface area contributed by atoms with Gasteiger partial charge in [0.05, 0.1) is 12.2 Å². The summed E-state index contributed by atoms with van der Waals surface area (Å²) in [6.45, 7) is 10.7. The number of anilines is 1. The monoisotopic (exact) mass is 548 g/mol. The number of rotatable bonds is 5. The van der Waals surface area contributed by atoms with Crippen LogP contribution in [0.3, 0.4) is 0 Å². The van der Waals surface area contributed by atoms with Crippen molar-refractivity contribution in [2.45, 2.75) is 39.3 Å². The summed E-state index contributed by atoms with van der Waals surface area (Å²) in [6.07, 6.45) is 7.71. The van der Waals surface area contributed by atoms with Gasteiger partial charge in [-0.05, 0) is 57.0 Å². The second-order valence-corrected chi connectivity index (χ2v) is 11.6. The van der Waals surface area contributed by atoms with Crippen LogP contribution in [-0.2, 0) is 4.74 Å². The summed E-state index contributed by atoms with van der Waals surface area (Å²) in [5.74, 6) is 0. The summed E-state index contributed by atoms with van der Waals surface area (Å²) in [5.41, 5.74) is 7.05. The first-order valence-corrected chi connectivity index (χ1v) is 14.1. The third-order valence-corrected chi connectivity index (χ3v) is 7.62. The van der Waals surface area contributed by atoms with Crippen molar-refractivity contribution in [3.05, 3.63) is 91.0 Å². The zero-order chi connectivity index (χ0) is 28.6. The van der Waals surface area contributed by atoms with Crippen LogP contribution in [0.1, 0.15) is 39.3 Å². The van der Waals surface area contributed by atoms with E-state index in [0.717, 1.165) is 52.1 Å². The van der Waals surface area contributed by atoms with E-state index < -0.39 is 5.60 Å². The number of fused-ring (bicyclic) bond motifs is 1. The Bertz CT molecular complexity index is 1640. The number of hydrogen-bond donors (Lipinski definition) is 1. The normalized spacial score (nSPS) is 14.8. The molecule has 0 aliphatic carbocycles. The van der Waals surface area contributed by atoms with Gasteiger partial charge in [0, 0.05) is 72.5 Å². The number of carbonyl (C=O) groups is 1. The van der Waals surface area contributed by atoms with Crippen molar-refractivity contribution in [1.29, 1.82) is 0 Å². The predicted molar refractivity (Wildman–Crippen MR) is 163 cm³/mol. The van der Waals surface area contributed by atoms with Gasteiger partial charge in [0.1, 0.15) is 11.2 Å². The Morgan fingerprint density at radius 3 is 2.37 bits per heavy atom. The Hall–Kier alpha value is -4.59. The number of nitrogens with zero attached hydrogens (tertiary/aromatic N) is 5. The van der Waals surface area contributed by atoms with Gasteiger partial charge in [-0.25, -0.2) is 9.78 Å². The van der Waals surface area contributed by atoms with E-state index in [1.54, 1.807) is 4.90 Å². The second-order valence-electron chi connectivity index (χ2n) is 11.6. The molecule has 3 aromatic heterocycles. The Balaban J connectivity index is 1.17. The van der Waals surface area contributed by atoms with Gasteiger partial charge in [-0.2, -0.15) is 5.10 Å². The van der Waals surface area contributed by atoms with Crippen LogP contribution in [0, 0.1) is 0 Å². The molecule has 1 N–H and O–H groups in total. The average molecular weight is 549 g/mol. The van der Waals surface area contributed by atoms with Crippen LogP contribution in [0.25, 0.3) is 33.3 Å². The van der Waals surface area contributed by atoms with E-state index in [1.807, 2.05) is 50.1 Å². The first kappa shape index (κ1) is 26.6. The number of aromatic amines is 1. The van der Waals surface area contributed by atoms with Crippen molar-refractivity contribution in [2.75, 3.05) is 31.1 Å². The number of aromatic nitrogens is 4. The van der Waals surface area contributed by atoms with Gasteiger partial charge in [0.15, 0.2) is 0 Å². The van der Waals surface area contributed by atoms with Crippen molar-refractivity contribution in [1.82, 2.24) is 24.6 Å². The maximum atomic E-state index is 12.4. The molecule has 0 spiro atoms. The summed E-state index contributed by atoms with van der Waals surface area (Å²) in [5, 5.41) is 5.74. The molecule has 4 heterocycles. The maximum absolute atomic E-state index is 12.4. The molecule has 0 bridgehead atoms. The standard InChI is InChI=1S/C33H36N6O2/c1-23(24-8-6-5-7-9-24)39-22-27(20-36-39)30-21-35-31-29(30)18-26(19-34-31)25-10-12-28(13-11-25)37-14-16-38(17-15-37)32(40)41-33(2,3)4/h5-13,18-23H,14-17H2,1-4H3,(H,34,35). The quantitative estimate of drug-likeness (QED) is 0.263. The molecule has 1 aliphatic heterocycles. The number of amides is 1. The third-order valence-electron chi connectivity index (χ3n) is 7.62. The van der Waals surface area contributed by atoms with Crippen LogP contribution in [0.2, 0.25) is 0 Å². The molecule has 2 aromatic carbocycles. The number of hydrogen-bond acceptors (Lipinski definition) is 5. The highest BCUT2D eigenvalue weighted by Crippen LogP contribution is 2.32. The molecule has 1 fully saturated rings. The average Bonchev–Trinajstić information content (AvgIpc) is 3.64. The second kappa shape index (κ2) is 10.8. The topological polar surface area (TPSA) is 79.3 Å². The van der Waals surface area contributed by atoms with Crippen molar-refractivity contribution in [3.63, 3.8) is 0 Å². The zero-order valence-electron chi connectivity index (χ0n) is 24.0. The van der Waals surface area contributed by atoms with E-state index in [1.165, 1.54) is 5.56 Å². The largest absolute Gasteiger partial charge is 0.444 e. The minimum Gasteiger partial charge on any atom is -0.444 e. The van der Waals surface area contributed by atoms with Crippen LogP contribution in [0.4, 0.5) is 10.5 Å². The van der Waals surface area contributed by atoms with Gasteiger partial charge >= 0.3 is 6.09 Å². The molecule has 1 aliphatic rings. The summed E-state index contributed by atoms with van der Waals surface area (Å²) >= 11 is 0. The van der Waals surface area contributed by atoms with Crippen molar-refractivity contribution < 1.29 is 9.53 Å². The fourth-order valence-electron chi connectivity index (χ4n) is 5.31. The fourth-order valence-corrected chi connectivity index (χ4v) is 5.31. The molecule has 1 saturated heterocycles. The van der Waals surface area contributed by atoms with Gasteiger partial charge in [-0.15, -0.1) is 0 Å². The Morgan fingerprint density at radius 1 is 0.927 bits per heavy atom. The molecule has 41 heavy (non-hydrogen) atoms. The minimum atomic E-state index is -0.480. The van der Waals surface area contributed by atoms with Gasteiger partial charge in [-0.3, -0.25) is 4.68 Å². The summed E-state index contributed by atoms with van der Waals surface area (Å²) < 4.78 is 7.54. The molecule has 5 aromatic rings. The molecule has 1 amide bonds. The molecule has 0 radical (unpaired) electrons. The van der Waals surface area contributed by atoms with Crippen molar-refractivity contribution >= 4 is 22.8 Å². The minimum absolute atomic E-state index is 0.141. The zero-order valence-corrected chi connectivity index (χ0v) is 24.0. The number of nitrogens with one attached hydrogen (secondary N) is 1. The maximum Gasteiger partial charge on any atom is 0.410 e. The molecule has 210 valence electrons. The van der Waals surface area contributed by atoms with E-state index in [4.69, 9.17) is 9.72 Å². The smallest absolute Gasteiger partial charge is 0.410 e. The number of benzene rings is 2. The number of pyridine rings is 1.